The van der Waals surface area contributed by atoms with Crippen molar-refractivity contribution >= 4 is 35.0 Å². The lowest BCUT2D eigenvalue weighted by Gasteiger charge is -2.16. The largest absolute Gasteiger partial charge is 0.327 e. The Balaban J connectivity index is 2.09. The molecule has 1 saturated heterocycles. The van der Waals surface area contributed by atoms with Crippen LogP contribution >= 0.6 is 12.2 Å². The van der Waals surface area contributed by atoms with Crippen LogP contribution in [0.4, 0.5) is 27.6 Å². The molecule has 0 unspecified atom stereocenters. The van der Waals surface area contributed by atoms with Gasteiger partial charge < -0.3 is 5.32 Å². The second kappa shape index (κ2) is 6.49. The molecule has 0 atom stereocenters. The van der Waals surface area contributed by atoms with E-state index in [0.717, 1.165) is 4.90 Å². The summed E-state index contributed by atoms with van der Waals surface area (Å²) in [4.78, 5) is 13.6. The smallest absolute Gasteiger partial charge is 0.281 e. The van der Waals surface area contributed by atoms with E-state index in [0.29, 0.717) is 17.3 Å². The van der Waals surface area contributed by atoms with Gasteiger partial charge in [-0.1, -0.05) is 18.2 Å². The number of thiocarbonyl (C=S) groups is 1. The summed E-state index contributed by atoms with van der Waals surface area (Å²) in [6.07, 6.45) is 0.545. The van der Waals surface area contributed by atoms with Crippen molar-refractivity contribution in [2.24, 2.45) is 0 Å². The third-order valence-electron chi connectivity index (χ3n) is 3.77. The fourth-order valence-electron chi connectivity index (χ4n) is 2.46. The number of hydrogen-bond donors (Lipinski definition) is 1. The highest BCUT2D eigenvalue weighted by atomic mass is 32.1. The van der Waals surface area contributed by atoms with Gasteiger partial charge in [0.25, 0.3) is 5.91 Å². The van der Waals surface area contributed by atoms with E-state index >= 15 is 0 Å². The molecule has 2 aromatic rings. The first-order chi connectivity index (χ1) is 12.2. The van der Waals surface area contributed by atoms with Crippen LogP contribution in [0.25, 0.3) is 6.08 Å². The van der Waals surface area contributed by atoms with E-state index in [1.807, 2.05) is 0 Å². The minimum absolute atomic E-state index is 0.0839. The third kappa shape index (κ3) is 2.74. The van der Waals surface area contributed by atoms with Crippen LogP contribution in [0.15, 0.2) is 30.0 Å². The molecule has 26 heavy (non-hydrogen) atoms. The Hall–Kier alpha value is -2.81. The number of carbonyl (C=O) groups excluding carboxylic acids is 1. The van der Waals surface area contributed by atoms with E-state index < -0.39 is 46.3 Å². The van der Waals surface area contributed by atoms with E-state index in [1.165, 1.54) is 0 Å². The fourth-order valence-corrected chi connectivity index (χ4v) is 2.75. The summed E-state index contributed by atoms with van der Waals surface area (Å²) in [5, 5.41) is 2.35. The molecule has 0 aliphatic carbocycles. The summed E-state index contributed by atoms with van der Waals surface area (Å²) < 4.78 is 67.4. The van der Waals surface area contributed by atoms with Gasteiger partial charge in [0.2, 0.25) is 5.82 Å². The monoisotopic (exact) mass is 384 g/mol. The molecule has 0 aromatic heterocycles. The summed E-state index contributed by atoms with van der Waals surface area (Å²) in [7, 11) is 0. The second-order valence-electron chi connectivity index (χ2n) is 5.40. The number of aryl methyl sites for hydroxylation is 1. The Labute approximate surface area is 149 Å². The topological polar surface area (TPSA) is 32.3 Å². The van der Waals surface area contributed by atoms with Crippen LogP contribution in [0.5, 0.6) is 0 Å². The van der Waals surface area contributed by atoms with Crippen molar-refractivity contribution in [3.05, 3.63) is 70.2 Å². The van der Waals surface area contributed by atoms with Crippen molar-refractivity contribution in [1.82, 2.24) is 5.32 Å². The first-order valence-electron chi connectivity index (χ1n) is 7.18. The predicted octanol–water partition coefficient (Wildman–Crippen LogP) is 3.95. The van der Waals surface area contributed by atoms with Gasteiger partial charge in [-0.3, -0.25) is 9.69 Å². The maximum Gasteiger partial charge on any atom is 0.281 e. The van der Waals surface area contributed by atoms with Gasteiger partial charge >= 0.3 is 0 Å². The molecule has 2 aromatic carbocycles. The fraction of sp³-hybridized carbons (Fsp3) is 0.0588. The van der Waals surface area contributed by atoms with Crippen molar-refractivity contribution in [3.8, 4) is 0 Å². The second-order valence-corrected chi connectivity index (χ2v) is 5.79. The van der Waals surface area contributed by atoms with Crippen LogP contribution in [-0.2, 0) is 4.79 Å². The molecule has 3 rings (SSSR count). The molecule has 1 aliphatic rings. The molecular weight excluding hydrogens is 375 g/mol. The van der Waals surface area contributed by atoms with Crippen molar-refractivity contribution < 1.29 is 26.7 Å². The van der Waals surface area contributed by atoms with Crippen LogP contribution in [-0.4, -0.2) is 11.0 Å². The Morgan fingerprint density at radius 2 is 1.50 bits per heavy atom. The number of amides is 1. The minimum Gasteiger partial charge on any atom is -0.327 e. The number of hydrogen-bond acceptors (Lipinski definition) is 2. The highest BCUT2D eigenvalue weighted by molar-refractivity contribution is 7.80. The molecule has 1 amide bonds. The van der Waals surface area contributed by atoms with E-state index in [4.69, 9.17) is 12.2 Å². The van der Waals surface area contributed by atoms with Gasteiger partial charge in [0.05, 0.1) is 11.3 Å². The molecule has 0 saturated carbocycles. The van der Waals surface area contributed by atoms with Gasteiger partial charge in [-0.25, -0.2) is 22.0 Å². The van der Waals surface area contributed by atoms with Crippen LogP contribution in [0.2, 0.25) is 0 Å². The van der Waals surface area contributed by atoms with Crippen molar-refractivity contribution in [3.63, 3.8) is 0 Å². The first-order valence-corrected chi connectivity index (χ1v) is 7.59. The average molecular weight is 384 g/mol. The van der Waals surface area contributed by atoms with Crippen molar-refractivity contribution in [1.29, 1.82) is 0 Å². The van der Waals surface area contributed by atoms with Gasteiger partial charge in [0, 0.05) is 0 Å². The summed E-state index contributed by atoms with van der Waals surface area (Å²) >= 11 is 5.05. The predicted molar refractivity (Wildman–Crippen MR) is 88.6 cm³/mol. The maximum atomic E-state index is 13.8. The van der Waals surface area contributed by atoms with Crippen molar-refractivity contribution in [2.45, 2.75) is 6.92 Å². The van der Waals surface area contributed by atoms with E-state index in [1.54, 1.807) is 31.2 Å². The molecule has 0 spiro atoms. The Bertz CT molecular complexity index is 960. The summed E-state index contributed by atoms with van der Waals surface area (Å²) in [6.45, 7) is 1.72. The highest BCUT2D eigenvalue weighted by Crippen LogP contribution is 2.28. The molecule has 1 N–H and O–H groups in total. The molecule has 1 aliphatic heterocycles. The highest BCUT2D eigenvalue weighted by Gasteiger charge is 2.34. The normalized spacial score (nSPS) is 15.8. The molecule has 1 heterocycles. The number of nitrogens with zero attached hydrogens (tertiary/aromatic N) is 1. The lowest BCUT2D eigenvalue weighted by molar-refractivity contribution is -0.113. The molecule has 1 fully saturated rings. The van der Waals surface area contributed by atoms with Crippen LogP contribution in [0.3, 0.4) is 0 Å². The lowest BCUT2D eigenvalue weighted by Crippen LogP contribution is -2.30. The number of carbonyl (C=O) groups is 1. The number of rotatable bonds is 2. The summed E-state index contributed by atoms with van der Waals surface area (Å²) in [6, 6.07) is 6.71. The number of nitrogens with one attached hydrogen (secondary N) is 1. The van der Waals surface area contributed by atoms with E-state index in [2.05, 4.69) is 5.32 Å². The van der Waals surface area contributed by atoms with Gasteiger partial charge in [-0.05, 0) is 36.8 Å². The third-order valence-corrected chi connectivity index (χ3v) is 4.05. The van der Waals surface area contributed by atoms with Crippen LogP contribution in [0, 0.1) is 36.0 Å². The molecule has 0 radical (unpaired) electrons. The van der Waals surface area contributed by atoms with E-state index in [-0.39, 0.29) is 5.11 Å². The molecule has 9 heteroatoms. The zero-order chi connectivity index (χ0) is 19.2. The zero-order valence-electron chi connectivity index (χ0n) is 13.0. The maximum absolute atomic E-state index is 13.8. The zero-order valence-corrected chi connectivity index (χ0v) is 13.9. The quantitative estimate of drug-likeness (QED) is 0.280. The van der Waals surface area contributed by atoms with Gasteiger partial charge in [0.15, 0.2) is 28.4 Å². The number of halogens is 5. The standard InChI is InChI=1S/C17H9F5N2OS/c1-7-4-2-3-5-10(7)24-16(25)9(23-17(24)26)6-8-11(18)13(20)15(22)14(21)12(8)19/h2-6H,1H3,(H,23,26)/b9-6+. The lowest BCUT2D eigenvalue weighted by atomic mass is 10.1. The summed E-state index contributed by atoms with van der Waals surface area (Å²) in [5.41, 5.74) is -0.522. The van der Waals surface area contributed by atoms with Gasteiger partial charge in [0.1, 0.15) is 5.70 Å². The first kappa shape index (κ1) is 18.0. The molecule has 134 valence electrons. The SMILES string of the molecule is Cc1ccccc1N1C(=O)/C(=C\c2c(F)c(F)c(F)c(F)c2F)NC1=S. The average Bonchev–Trinajstić information content (AvgIpc) is 2.89. The van der Waals surface area contributed by atoms with Gasteiger partial charge in [-0.2, -0.15) is 0 Å². The van der Waals surface area contributed by atoms with Crippen LogP contribution < -0.4 is 10.2 Å². The molecule has 3 nitrogen and oxygen atoms in total. The molecule has 0 bridgehead atoms. The van der Waals surface area contributed by atoms with E-state index in [9.17, 15) is 26.7 Å². The number of benzene rings is 2. The minimum atomic E-state index is -2.27. The van der Waals surface area contributed by atoms with Crippen molar-refractivity contribution in [2.75, 3.05) is 4.90 Å². The number of para-hydroxylation sites is 1. The van der Waals surface area contributed by atoms with Crippen LogP contribution in [0.1, 0.15) is 11.1 Å². The Morgan fingerprint density at radius 3 is 2.08 bits per heavy atom. The number of anilines is 1. The van der Waals surface area contributed by atoms with Gasteiger partial charge in [-0.15, -0.1) is 0 Å². The summed E-state index contributed by atoms with van der Waals surface area (Å²) in [5.74, 6) is -11.3. The molecular formula is C17H9F5N2OS. The Morgan fingerprint density at radius 1 is 0.962 bits per heavy atom. The Kier molecular flexibility index (Phi) is 4.49.